The first-order chi connectivity index (χ1) is 11.0. The lowest BCUT2D eigenvalue weighted by atomic mass is 10.0. The maximum atomic E-state index is 12.6. The van der Waals surface area contributed by atoms with Gasteiger partial charge in [0.05, 0.1) is 0 Å². The maximum absolute atomic E-state index is 12.6. The van der Waals surface area contributed by atoms with Crippen molar-refractivity contribution in [1.82, 2.24) is 14.2 Å². The van der Waals surface area contributed by atoms with Crippen molar-refractivity contribution in [3.8, 4) is 0 Å². The lowest BCUT2D eigenvalue weighted by Crippen LogP contribution is -2.42. The highest BCUT2D eigenvalue weighted by molar-refractivity contribution is 7.89. The van der Waals surface area contributed by atoms with Crippen LogP contribution in [0, 0.1) is 0 Å². The molecule has 7 heteroatoms. The summed E-state index contributed by atoms with van der Waals surface area (Å²) in [4.78, 5) is 17.5. The van der Waals surface area contributed by atoms with Gasteiger partial charge in [-0.25, -0.2) is 8.42 Å². The molecule has 2 aliphatic heterocycles. The number of hydrogen-bond acceptors (Lipinski definition) is 3. The van der Waals surface area contributed by atoms with E-state index in [0.717, 1.165) is 45.1 Å². The van der Waals surface area contributed by atoms with Gasteiger partial charge in [-0.2, -0.15) is 4.31 Å². The standard InChI is InChI=1S/C16H25N3O3S/c1-13-7-3-6-10-19(13)16(20)15-11-14(12-17-15)23(21,22)18-8-4-2-5-9-18/h11-13,17H,2-10H2,1H3/t13-/m0/s1. The first-order valence-corrected chi connectivity index (χ1v) is 9.94. The van der Waals surface area contributed by atoms with E-state index in [9.17, 15) is 13.2 Å². The van der Waals surface area contributed by atoms with Gasteiger partial charge in [0.1, 0.15) is 10.6 Å². The van der Waals surface area contributed by atoms with Gasteiger partial charge in [-0.15, -0.1) is 0 Å². The topological polar surface area (TPSA) is 73.5 Å². The average molecular weight is 339 g/mol. The Hall–Kier alpha value is -1.34. The molecule has 3 rings (SSSR count). The number of likely N-dealkylation sites (tertiary alicyclic amines) is 1. The lowest BCUT2D eigenvalue weighted by molar-refractivity contribution is 0.0630. The zero-order chi connectivity index (χ0) is 16.4. The number of hydrogen-bond donors (Lipinski definition) is 1. The van der Waals surface area contributed by atoms with Crippen molar-refractivity contribution < 1.29 is 13.2 Å². The zero-order valence-corrected chi connectivity index (χ0v) is 14.4. The van der Waals surface area contributed by atoms with Gasteiger partial charge in [-0.05, 0) is 45.1 Å². The summed E-state index contributed by atoms with van der Waals surface area (Å²) in [5.41, 5.74) is 0.370. The predicted molar refractivity (Wildman–Crippen MR) is 87.8 cm³/mol. The molecule has 0 radical (unpaired) electrons. The van der Waals surface area contributed by atoms with Gasteiger partial charge in [-0.1, -0.05) is 6.42 Å². The number of carbonyl (C=O) groups is 1. The Kier molecular flexibility index (Phi) is 4.77. The maximum Gasteiger partial charge on any atom is 0.270 e. The second-order valence-corrected chi connectivity index (χ2v) is 8.50. The summed E-state index contributed by atoms with van der Waals surface area (Å²) in [5, 5.41) is 0. The molecule has 0 saturated carbocycles. The molecule has 1 aromatic rings. The Bertz CT molecular complexity index is 662. The van der Waals surface area contributed by atoms with Crippen LogP contribution in [-0.4, -0.2) is 54.2 Å². The summed E-state index contributed by atoms with van der Waals surface area (Å²) < 4.78 is 26.8. The molecular weight excluding hydrogens is 314 g/mol. The zero-order valence-electron chi connectivity index (χ0n) is 13.6. The smallest absolute Gasteiger partial charge is 0.270 e. The fraction of sp³-hybridized carbons (Fsp3) is 0.688. The summed E-state index contributed by atoms with van der Waals surface area (Å²) in [6.45, 7) is 3.93. The molecule has 1 amide bonds. The number of amides is 1. The largest absolute Gasteiger partial charge is 0.356 e. The quantitative estimate of drug-likeness (QED) is 0.917. The van der Waals surface area contributed by atoms with E-state index in [2.05, 4.69) is 4.98 Å². The van der Waals surface area contributed by atoms with E-state index < -0.39 is 10.0 Å². The number of aromatic amines is 1. The van der Waals surface area contributed by atoms with E-state index in [-0.39, 0.29) is 16.8 Å². The summed E-state index contributed by atoms with van der Waals surface area (Å²) in [6, 6.07) is 1.70. The number of aromatic nitrogens is 1. The number of rotatable bonds is 3. The second kappa shape index (κ2) is 6.65. The molecule has 0 bridgehead atoms. The molecule has 2 fully saturated rings. The minimum atomic E-state index is -3.49. The number of carbonyl (C=O) groups excluding carboxylic acids is 1. The van der Waals surface area contributed by atoms with Crippen LogP contribution >= 0.6 is 0 Å². The Labute approximate surface area is 137 Å². The van der Waals surface area contributed by atoms with Gasteiger partial charge in [-0.3, -0.25) is 4.79 Å². The molecule has 2 saturated heterocycles. The van der Waals surface area contributed by atoms with Crippen molar-refractivity contribution in [2.75, 3.05) is 19.6 Å². The molecule has 0 aromatic carbocycles. The van der Waals surface area contributed by atoms with Gasteiger partial charge in [0, 0.05) is 31.9 Å². The van der Waals surface area contributed by atoms with E-state index in [1.54, 1.807) is 0 Å². The highest BCUT2D eigenvalue weighted by Gasteiger charge is 2.30. The second-order valence-electron chi connectivity index (χ2n) is 6.56. The van der Waals surface area contributed by atoms with Crippen molar-refractivity contribution in [2.24, 2.45) is 0 Å². The van der Waals surface area contributed by atoms with E-state index in [4.69, 9.17) is 0 Å². The predicted octanol–water partition coefficient (Wildman–Crippen LogP) is 2.20. The third-order valence-electron chi connectivity index (χ3n) is 4.90. The molecule has 1 N–H and O–H groups in total. The molecule has 128 valence electrons. The number of piperidine rings is 2. The number of H-pyrrole nitrogens is 1. The SMILES string of the molecule is C[C@H]1CCCCN1C(=O)c1cc(S(=O)(=O)N2CCCCC2)c[nH]1. The van der Waals surface area contributed by atoms with Gasteiger partial charge in [0.2, 0.25) is 10.0 Å². The van der Waals surface area contributed by atoms with Gasteiger partial charge < -0.3 is 9.88 Å². The Morgan fingerprint density at radius 3 is 2.52 bits per heavy atom. The molecule has 23 heavy (non-hydrogen) atoms. The van der Waals surface area contributed by atoms with Crippen LogP contribution in [-0.2, 0) is 10.0 Å². The van der Waals surface area contributed by atoms with Gasteiger partial charge in [0.25, 0.3) is 5.91 Å². The molecular formula is C16H25N3O3S. The van der Waals surface area contributed by atoms with Crippen molar-refractivity contribution in [2.45, 2.75) is 56.4 Å². The number of nitrogens with zero attached hydrogens (tertiary/aromatic N) is 2. The van der Waals surface area contributed by atoms with Crippen LogP contribution in [0.1, 0.15) is 55.9 Å². The Morgan fingerprint density at radius 1 is 1.13 bits per heavy atom. The van der Waals surface area contributed by atoms with Crippen molar-refractivity contribution in [3.63, 3.8) is 0 Å². The van der Waals surface area contributed by atoms with Crippen molar-refractivity contribution >= 4 is 15.9 Å². The van der Waals surface area contributed by atoms with Crippen LogP contribution in [0.2, 0.25) is 0 Å². The summed E-state index contributed by atoms with van der Waals surface area (Å²) in [5.74, 6) is -0.0997. The molecule has 6 nitrogen and oxygen atoms in total. The minimum Gasteiger partial charge on any atom is -0.356 e. The summed E-state index contributed by atoms with van der Waals surface area (Å²) in [7, 11) is -3.49. The van der Waals surface area contributed by atoms with Crippen LogP contribution < -0.4 is 0 Å². The van der Waals surface area contributed by atoms with Crippen molar-refractivity contribution in [3.05, 3.63) is 18.0 Å². The first-order valence-electron chi connectivity index (χ1n) is 8.49. The van der Waals surface area contributed by atoms with Crippen LogP contribution in [0.25, 0.3) is 0 Å². The Morgan fingerprint density at radius 2 is 1.83 bits per heavy atom. The third kappa shape index (κ3) is 3.30. The van der Waals surface area contributed by atoms with E-state index >= 15 is 0 Å². The minimum absolute atomic E-state index is 0.0997. The van der Waals surface area contributed by atoms with Gasteiger partial charge >= 0.3 is 0 Å². The monoisotopic (exact) mass is 339 g/mol. The van der Waals surface area contributed by atoms with Crippen LogP contribution in [0.3, 0.4) is 0 Å². The molecule has 0 unspecified atom stereocenters. The molecule has 1 atom stereocenters. The highest BCUT2D eigenvalue weighted by atomic mass is 32.2. The fourth-order valence-electron chi connectivity index (χ4n) is 3.46. The van der Waals surface area contributed by atoms with E-state index in [0.29, 0.717) is 18.8 Å². The summed E-state index contributed by atoms with van der Waals surface area (Å²) in [6.07, 6.45) is 7.49. The number of sulfonamides is 1. The molecule has 3 heterocycles. The molecule has 0 aliphatic carbocycles. The van der Waals surface area contributed by atoms with E-state index in [1.807, 2.05) is 11.8 Å². The van der Waals surface area contributed by atoms with Crippen LogP contribution in [0.15, 0.2) is 17.2 Å². The highest BCUT2D eigenvalue weighted by Crippen LogP contribution is 2.23. The third-order valence-corrected chi connectivity index (χ3v) is 6.78. The fourth-order valence-corrected chi connectivity index (χ4v) is 4.97. The van der Waals surface area contributed by atoms with Crippen LogP contribution in [0.4, 0.5) is 0 Å². The lowest BCUT2D eigenvalue weighted by Gasteiger charge is -2.33. The molecule has 1 aromatic heterocycles. The number of nitrogens with one attached hydrogen (secondary N) is 1. The normalized spacial score (nSPS) is 23.9. The summed E-state index contributed by atoms with van der Waals surface area (Å²) >= 11 is 0. The van der Waals surface area contributed by atoms with Gasteiger partial charge in [0.15, 0.2) is 0 Å². The molecule has 2 aliphatic rings. The van der Waals surface area contributed by atoms with E-state index in [1.165, 1.54) is 16.6 Å². The van der Waals surface area contributed by atoms with Crippen molar-refractivity contribution in [1.29, 1.82) is 0 Å². The first kappa shape index (κ1) is 16.5. The molecule has 0 spiro atoms. The average Bonchev–Trinajstić information content (AvgIpc) is 3.06. The van der Waals surface area contributed by atoms with Crippen LogP contribution in [0.5, 0.6) is 0 Å². The Balaban J connectivity index is 1.78.